The highest BCUT2D eigenvalue weighted by molar-refractivity contribution is 7.91. The lowest BCUT2D eigenvalue weighted by atomic mass is 9.51. The summed E-state index contributed by atoms with van der Waals surface area (Å²) in [7, 11) is -3.04. The number of anilines is 1. The van der Waals surface area contributed by atoms with E-state index in [4.69, 9.17) is 4.98 Å². The van der Waals surface area contributed by atoms with Crippen molar-refractivity contribution in [3.05, 3.63) is 17.5 Å². The molecule has 2 atom stereocenters. The number of carbonyl (C=O) groups is 1. The number of aromatic nitrogens is 2. The van der Waals surface area contributed by atoms with Gasteiger partial charge in [-0.2, -0.15) is 0 Å². The van der Waals surface area contributed by atoms with E-state index in [2.05, 4.69) is 10.3 Å². The largest absolute Gasteiger partial charge is 0.390 e. The Bertz CT molecular complexity index is 1010. The van der Waals surface area contributed by atoms with Gasteiger partial charge in [-0.25, -0.2) is 18.4 Å². The summed E-state index contributed by atoms with van der Waals surface area (Å²) in [6.07, 6.45) is 9.56. The maximum absolute atomic E-state index is 13.1. The van der Waals surface area contributed by atoms with Crippen molar-refractivity contribution >= 4 is 21.7 Å². The molecule has 5 saturated carbocycles. The van der Waals surface area contributed by atoms with Gasteiger partial charge in [-0.3, -0.25) is 4.79 Å². The third-order valence-electron chi connectivity index (χ3n) is 8.05. The molecule has 7 rings (SSSR count). The molecule has 1 saturated heterocycles. The summed E-state index contributed by atoms with van der Waals surface area (Å²) >= 11 is 0. The van der Waals surface area contributed by atoms with Crippen LogP contribution in [-0.4, -0.2) is 70.0 Å². The van der Waals surface area contributed by atoms with Gasteiger partial charge < -0.3 is 15.3 Å². The molecule has 0 aromatic carbocycles. The van der Waals surface area contributed by atoms with Crippen molar-refractivity contribution in [1.82, 2.24) is 14.9 Å². The van der Waals surface area contributed by atoms with Crippen LogP contribution in [0.2, 0.25) is 0 Å². The summed E-state index contributed by atoms with van der Waals surface area (Å²) < 4.78 is 23.4. The van der Waals surface area contributed by atoms with E-state index in [9.17, 15) is 18.3 Å². The van der Waals surface area contributed by atoms with E-state index >= 15 is 0 Å². The molecule has 0 spiro atoms. The Hall–Kier alpha value is -1.74. The van der Waals surface area contributed by atoms with Crippen LogP contribution in [0.25, 0.3) is 0 Å². The van der Waals surface area contributed by atoms with Gasteiger partial charge in [0.25, 0.3) is 5.91 Å². The van der Waals surface area contributed by atoms with E-state index in [-0.39, 0.29) is 42.0 Å². The molecular weight excluding hydrogens is 416 g/mol. The van der Waals surface area contributed by atoms with Gasteiger partial charge >= 0.3 is 0 Å². The monoisotopic (exact) mass is 446 g/mol. The minimum Gasteiger partial charge on any atom is -0.390 e. The molecule has 1 aliphatic heterocycles. The fourth-order valence-corrected chi connectivity index (χ4v) is 8.17. The van der Waals surface area contributed by atoms with Gasteiger partial charge in [-0.15, -0.1) is 0 Å². The molecule has 2 N–H and O–H groups in total. The third-order valence-corrected chi connectivity index (χ3v) is 9.66. The number of hydrogen-bond acceptors (Lipinski definition) is 7. The molecule has 168 valence electrons. The molecule has 2 heterocycles. The molecule has 9 heteroatoms. The zero-order chi connectivity index (χ0) is 21.4. The minimum atomic E-state index is -3.04. The Morgan fingerprint density at radius 3 is 2.42 bits per heavy atom. The summed E-state index contributed by atoms with van der Waals surface area (Å²) in [5.74, 6) is 1.85. The predicted molar refractivity (Wildman–Crippen MR) is 115 cm³/mol. The van der Waals surface area contributed by atoms with Crippen LogP contribution in [0.5, 0.6) is 0 Å². The smallest absolute Gasteiger partial charge is 0.257 e. The molecule has 6 fully saturated rings. The SMILES string of the molecule is O=C(c1cnc(NC23CC4CC(CC(O)(C4)C2)C3)nc1C1CC1)N1CCS(=O)(=O)CC1. The summed E-state index contributed by atoms with van der Waals surface area (Å²) in [5.41, 5.74) is 0.601. The predicted octanol–water partition coefficient (Wildman–Crippen LogP) is 1.72. The van der Waals surface area contributed by atoms with Crippen molar-refractivity contribution in [3.8, 4) is 0 Å². The van der Waals surface area contributed by atoms with Crippen molar-refractivity contribution in [3.63, 3.8) is 0 Å². The van der Waals surface area contributed by atoms with Crippen LogP contribution in [0.3, 0.4) is 0 Å². The second kappa shape index (κ2) is 6.63. The lowest BCUT2D eigenvalue weighted by molar-refractivity contribution is -0.127. The highest BCUT2D eigenvalue weighted by Crippen LogP contribution is 2.58. The maximum Gasteiger partial charge on any atom is 0.257 e. The fraction of sp³-hybridized carbons (Fsp3) is 0.773. The van der Waals surface area contributed by atoms with Gasteiger partial charge in [0.1, 0.15) is 0 Å². The standard InChI is InChI=1S/C22H30N4O4S/c27-19(26-3-5-31(29,30)6-4-26)17-12-23-20(24-18(17)16-1-2-16)25-21-8-14-7-15(9-21)11-22(28,10-14)13-21/h12,14-16,28H,1-11,13H2,(H,23,24,25). The molecule has 1 aromatic rings. The number of sulfone groups is 1. The maximum atomic E-state index is 13.1. The first-order valence-electron chi connectivity index (χ1n) is 11.6. The Balaban J connectivity index is 1.25. The van der Waals surface area contributed by atoms with Crippen molar-refractivity contribution in [2.24, 2.45) is 11.8 Å². The van der Waals surface area contributed by atoms with Crippen LogP contribution in [-0.2, 0) is 9.84 Å². The summed E-state index contributed by atoms with van der Waals surface area (Å²) in [4.78, 5) is 24.1. The third kappa shape index (κ3) is 3.63. The first-order chi connectivity index (χ1) is 14.7. The van der Waals surface area contributed by atoms with Gasteiger partial charge in [0.05, 0.1) is 28.4 Å². The second-order valence-corrected chi connectivity index (χ2v) is 13.1. The molecule has 8 nitrogen and oxygen atoms in total. The lowest BCUT2D eigenvalue weighted by Gasteiger charge is -2.60. The number of hydrogen-bond donors (Lipinski definition) is 2. The van der Waals surface area contributed by atoms with Crippen molar-refractivity contribution < 1.29 is 18.3 Å². The average molecular weight is 447 g/mol. The number of amides is 1. The van der Waals surface area contributed by atoms with Crippen LogP contribution in [0.15, 0.2) is 6.20 Å². The molecule has 5 aliphatic carbocycles. The van der Waals surface area contributed by atoms with Gasteiger partial charge in [0.15, 0.2) is 9.84 Å². The molecule has 0 radical (unpaired) electrons. The van der Waals surface area contributed by atoms with E-state index in [1.54, 1.807) is 11.1 Å². The fourth-order valence-electron chi connectivity index (χ4n) is 6.97. The van der Waals surface area contributed by atoms with Crippen LogP contribution in [0, 0.1) is 11.8 Å². The Morgan fingerprint density at radius 1 is 1.13 bits per heavy atom. The van der Waals surface area contributed by atoms with Gasteiger partial charge in [0.2, 0.25) is 5.95 Å². The number of nitrogens with one attached hydrogen (secondary N) is 1. The van der Waals surface area contributed by atoms with Crippen molar-refractivity contribution in [2.75, 3.05) is 29.9 Å². The molecule has 1 amide bonds. The summed E-state index contributed by atoms with van der Waals surface area (Å²) in [6.45, 7) is 0.464. The van der Waals surface area contributed by atoms with Crippen LogP contribution in [0.4, 0.5) is 5.95 Å². The molecule has 6 aliphatic rings. The van der Waals surface area contributed by atoms with Crippen molar-refractivity contribution in [1.29, 1.82) is 0 Å². The van der Waals surface area contributed by atoms with E-state index in [0.717, 1.165) is 50.6 Å². The molecule has 4 bridgehead atoms. The zero-order valence-electron chi connectivity index (χ0n) is 17.7. The van der Waals surface area contributed by atoms with Crippen LogP contribution in [0.1, 0.15) is 73.3 Å². The van der Waals surface area contributed by atoms with Gasteiger partial charge in [-0.05, 0) is 63.2 Å². The lowest BCUT2D eigenvalue weighted by Crippen LogP contribution is -2.62. The number of aliphatic hydroxyl groups is 1. The van der Waals surface area contributed by atoms with Crippen LogP contribution >= 0.6 is 0 Å². The number of rotatable bonds is 4. The summed E-state index contributed by atoms with van der Waals surface area (Å²) in [6, 6.07) is 0. The zero-order valence-corrected chi connectivity index (χ0v) is 18.5. The summed E-state index contributed by atoms with van der Waals surface area (Å²) in [5, 5.41) is 14.6. The Morgan fingerprint density at radius 2 is 1.81 bits per heavy atom. The first-order valence-corrected chi connectivity index (χ1v) is 13.4. The first kappa shape index (κ1) is 19.9. The average Bonchev–Trinajstić information content (AvgIpc) is 3.50. The van der Waals surface area contributed by atoms with E-state index in [1.165, 1.54) is 6.42 Å². The highest BCUT2D eigenvalue weighted by atomic mass is 32.2. The molecule has 31 heavy (non-hydrogen) atoms. The van der Waals surface area contributed by atoms with Crippen molar-refractivity contribution in [2.45, 2.75) is 68.4 Å². The highest BCUT2D eigenvalue weighted by Gasteiger charge is 2.57. The quantitative estimate of drug-likeness (QED) is 0.724. The van der Waals surface area contributed by atoms with E-state index < -0.39 is 15.4 Å². The second-order valence-electron chi connectivity index (χ2n) is 10.8. The van der Waals surface area contributed by atoms with Gasteiger partial charge in [0, 0.05) is 30.7 Å². The molecule has 2 unspecified atom stereocenters. The Labute approximate surface area is 182 Å². The van der Waals surface area contributed by atoms with E-state index in [0.29, 0.717) is 23.3 Å². The Kier molecular flexibility index (Phi) is 4.26. The molecule has 1 aromatic heterocycles. The van der Waals surface area contributed by atoms with Gasteiger partial charge in [-0.1, -0.05) is 0 Å². The molecular formula is C22H30N4O4S. The number of carbonyl (C=O) groups excluding carboxylic acids is 1. The van der Waals surface area contributed by atoms with E-state index in [1.807, 2.05) is 0 Å². The number of nitrogens with zero attached hydrogens (tertiary/aromatic N) is 3. The minimum absolute atomic E-state index is 0.0196. The normalized spacial score (nSPS) is 38.3. The van der Waals surface area contributed by atoms with Crippen LogP contribution < -0.4 is 5.32 Å². The topological polar surface area (TPSA) is 112 Å².